The van der Waals surface area contributed by atoms with Crippen LogP contribution in [0.3, 0.4) is 0 Å². The Morgan fingerprint density at radius 3 is 1.97 bits per heavy atom. The highest BCUT2D eigenvalue weighted by atomic mass is 31.2. The minimum atomic E-state index is -3.98. The molecule has 0 aliphatic heterocycles. The zero-order valence-electron chi connectivity index (χ0n) is 19.3. The number of aliphatic carboxylic acids is 1. The Kier molecular flexibility index (Phi) is 10.7. The summed E-state index contributed by atoms with van der Waals surface area (Å²) in [6.45, 7) is 12.3. The molecule has 3 N–H and O–H groups in total. The molecule has 10 heteroatoms. The maximum atomic E-state index is 13.3. The average Bonchev–Trinajstić information content (AvgIpc) is 2.67. The van der Waals surface area contributed by atoms with Crippen molar-refractivity contribution < 1.29 is 33.3 Å². The molecule has 176 valence electrons. The predicted molar refractivity (Wildman–Crippen MR) is 118 cm³/mol. The van der Waals surface area contributed by atoms with Gasteiger partial charge in [0.2, 0.25) is 0 Å². The number of carboxylic acid groups (broad SMARTS) is 1. The zero-order chi connectivity index (χ0) is 23.8. The molecule has 0 radical (unpaired) electrons. The van der Waals surface area contributed by atoms with Crippen molar-refractivity contribution in [3.05, 3.63) is 29.3 Å². The molecular weight excluding hydrogens is 423 g/mol. The fourth-order valence-corrected chi connectivity index (χ4v) is 4.47. The SMILES string of the molecule is CCOC(=O)[C@H](C)NP(=O)(N[C@@H](C)C(=O)O)OCOc1c(C(C)C)cccc1C(C)C. The van der Waals surface area contributed by atoms with Gasteiger partial charge in [-0.05, 0) is 43.7 Å². The Balaban J connectivity index is 3.06. The Morgan fingerprint density at radius 1 is 1.00 bits per heavy atom. The smallest absolute Gasteiger partial charge is 0.345 e. The number of para-hydroxylation sites is 1. The highest BCUT2D eigenvalue weighted by Crippen LogP contribution is 2.40. The fraction of sp³-hybridized carbons (Fsp3) is 0.619. The third-order valence-electron chi connectivity index (χ3n) is 4.50. The summed E-state index contributed by atoms with van der Waals surface area (Å²) < 4.78 is 29.5. The highest BCUT2D eigenvalue weighted by molar-refractivity contribution is 7.54. The third kappa shape index (κ3) is 8.26. The van der Waals surface area contributed by atoms with Gasteiger partial charge < -0.3 is 14.6 Å². The largest absolute Gasteiger partial charge is 0.480 e. The van der Waals surface area contributed by atoms with Gasteiger partial charge >= 0.3 is 19.6 Å². The van der Waals surface area contributed by atoms with Crippen molar-refractivity contribution in [2.75, 3.05) is 13.4 Å². The zero-order valence-corrected chi connectivity index (χ0v) is 20.2. The molecule has 1 unspecified atom stereocenters. The molecule has 9 nitrogen and oxygen atoms in total. The van der Waals surface area contributed by atoms with Crippen LogP contribution in [-0.4, -0.2) is 42.5 Å². The minimum Gasteiger partial charge on any atom is -0.480 e. The Hall–Kier alpha value is -1.93. The Bertz CT molecular complexity index is 772. The molecule has 0 fully saturated rings. The second kappa shape index (κ2) is 12.2. The van der Waals surface area contributed by atoms with Crippen LogP contribution in [0.5, 0.6) is 5.75 Å². The molecule has 31 heavy (non-hydrogen) atoms. The van der Waals surface area contributed by atoms with Crippen molar-refractivity contribution in [1.29, 1.82) is 0 Å². The van der Waals surface area contributed by atoms with Crippen LogP contribution < -0.4 is 14.9 Å². The first-order chi connectivity index (χ1) is 14.4. The van der Waals surface area contributed by atoms with Crippen molar-refractivity contribution in [3.63, 3.8) is 0 Å². The number of rotatable bonds is 13. The van der Waals surface area contributed by atoms with E-state index in [1.807, 2.05) is 45.9 Å². The molecule has 0 aliphatic carbocycles. The van der Waals surface area contributed by atoms with E-state index in [9.17, 15) is 19.3 Å². The lowest BCUT2D eigenvalue weighted by molar-refractivity contribution is -0.144. The summed E-state index contributed by atoms with van der Waals surface area (Å²) in [4.78, 5) is 23.2. The van der Waals surface area contributed by atoms with Crippen molar-refractivity contribution in [2.24, 2.45) is 0 Å². The fourth-order valence-electron chi connectivity index (χ4n) is 2.81. The van der Waals surface area contributed by atoms with E-state index in [0.717, 1.165) is 11.1 Å². The van der Waals surface area contributed by atoms with Gasteiger partial charge in [-0.1, -0.05) is 45.9 Å². The predicted octanol–water partition coefficient (Wildman–Crippen LogP) is 4.00. The summed E-state index contributed by atoms with van der Waals surface area (Å²) in [5.74, 6) is -0.837. The van der Waals surface area contributed by atoms with Crippen LogP contribution in [0.15, 0.2) is 18.2 Å². The van der Waals surface area contributed by atoms with Gasteiger partial charge in [-0.2, -0.15) is 0 Å². The normalized spacial score (nSPS) is 15.4. The third-order valence-corrected chi connectivity index (χ3v) is 6.42. The maximum Gasteiger partial charge on any atom is 0.345 e. The van der Waals surface area contributed by atoms with Crippen LogP contribution in [0.25, 0.3) is 0 Å². The number of hydrogen-bond acceptors (Lipinski definition) is 6. The van der Waals surface area contributed by atoms with E-state index in [0.29, 0.717) is 5.75 Å². The van der Waals surface area contributed by atoms with E-state index in [1.165, 1.54) is 13.8 Å². The number of hydrogen-bond donors (Lipinski definition) is 3. The Morgan fingerprint density at radius 2 is 1.52 bits per heavy atom. The second-order valence-electron chi connectivity index (χ2n) is 7.81. The first-order valence-electron chi connectivity index (χ1n) is 10.4. The first kappa shape index (κ1) is 27.1. The van der Waals surface area contributed by atoms with Crippen LogP contribution in [0, 0.1) is 0 Å². The molecule has 0 heterocycles. The molecular formula is C21H35N2O7P. The van der Waals surface area contributed by atoms with Gasteiger partial charge in [0.1, 0.15) is 17.8 Å². The number of carbonyl (C=O) groups is 2. The van der Waals surface area contributed by atoms with Gasteiger partial charge in [-0.3, -0.25) is 18.7 Å². The molecule has 1 rings (SSSR count). The maximum absolute atomic E-state index is 13.3. The molecule has 0 aliphatic rings. The standard InChI is InChI=1S/C21H35N2O7P/c1-8-28-21(26)16(7)23-31(27,22-15(6)20(24)25)30-12-29-19-17(13(2)3)10-9-11-18(19)14(4)5/h9-11,13-16H,8,12H2,1-7H3,(H,24,25)(H2,22,23,27)/t15-,16-,31?/m0/s1. The highest BCUT2D eigenvalue weighted by Gasteiger charge is 2.33. The molecule has 0 amide bonds. The molecule has 0 saturated carbocycles. The Labute approximate surface area is 184 Å². The van der Waals surface area contributed by atoms with Crippen LogP contribution >= 0.6 is 7.67 Å². The molecule has 1 aromatic rings. The quantitative estimate of drug-likeness (QED) is 0.229. The van der Waals surface area contributed by atoms with E-state index in [1.54, 1.807) is 6.92 Å². The first-order valence-corrected chi connectivity index (χ1v) is 12.0. The number of nitrogens with one attached hydrogen (secondary N) is 2. The number of carboxylic acids is 1. The van der Waals surface area contributed by atoms with Gasteiger partial charge in [0.05, 0.1) is 6.61 Å². The second-order valence-corrected chi connectivity index (χ2v) is 9.69. The lowest BCUT2D eigenvalue weighted by Gasteiger charge is -2.26. The summed E-state index contributed by atoms with van der Waals surface area (Å²) in [7, 11) is -3.98. The monoisotopic (exact) mass is 458 g/mol. The van der Waals surface area contributed by atoms with E-state index in [4.69, 9.17) is 14.0 Å². The van der Waals surface area contributed by atoms with Crippen molar-refractivity contribution in [3.8, 4) is 5.75 Å². The summed E-state index contributed by atoms with van der Waals surface area (Å²) in [6.07, 6.45) is 0. The van der Waals surface area contributed by atoms with E-state index >= 15 is 0 Å². The molecule has 0 saturated heterocycles. The summed E-state index contributed by atoms with van der Waals surface area (Å²) in [6, 6.07) is 3.69. The van der Waals surface area contributed by atoms with Crippen LogP contribution in [0.4, 0.5) is 0 Å². The van der Waals surface area contributed by atoms with Crippen LogP contribution in [0.1, 0.15) is 71.4 Å². The molecule has 0 bridgehead atoms. The minimum absolute atomic E-state index is 0.155. The van der Waals surface area contributed by atoms with Gasteiger partial charge in [0.15, 0.2) is 6.79 Å². The molecule has 3 atom stereocenters. The lowest BCUT2D eigenvalue weighted by atomic mass is 9.94. The van der Waals surface area contributed by atoms with Gasteiger partial charge in [-0.25, -0.2) is 10.2 Å². The molecule has 0 spiro atoms. The number of benzene rings is 1. The van der Waals surface area contributed by atoms with Crippen LogP contribution in [-0.2, 0) is 23.4 Å². The van der Waals surface area contributed by atoms with Crippen LogP contribution in [0.2, 0.25) is 0 Å². The van der Waals surface area contributed by atoms with Crippen molar-refractivity contribution in [2.45, 2.75) is 72.4 Å². The molecule has 0 aromatic heterocycles. The lowest BCUT2D eigenvalue weighted by Crippen LogP contribution is -2.42. The van der Waals surface area contributed by atoms with Crippen molar-refractivity contribution in [1.82, 2.24) is 10.2 Å². The van der Waals surface area contributed by atoms with Crippen molar-refractivity contribution >= 4 is 19.6 Å². The van der Waals surface area contributed by atoms with Gasteiger partial charge in [0.25, 0.3) is 0 Å². The number of carbonyl (C=O) groups excluding carboxylic acids is 1. The van der Waals surface area contributed by atoms with E-state index < -0.39 is 38.5 Å². The molecule has 1 aromatic carbocycles. The summed E-state index contributed by atoms with van der Waals surface area (Å²) >= 11 is 0. The topological polar surface area (TPSA) is 123 Å². The van der Waals surface area contributed by atoms with E-state index in [2.05, 4.69) is 10.2 Å². The summed E-state index contributed by atoms with van der Waals surface area (Å²) in [5, 5.41) is 14.1. The van der Waals surface area contributed by atoms with Gasteiger partial charge in [0, 0.05) is 0 Å². The number of ether oxygens (including phenoxy) is 2. The average molecular weight is 458 g/mol. The number of esters is 1. The summed E-state index contributed by atoms with van der Waals surface area (Å²) in [5.41, 5.74) is 1.95. The van der Waals surface area contributed by atoms with E-state index in [-0.39, 0.29) is 18.4 Å². The van der Waals surface area contributed by atoms with Gasteiger partial charge in [-0.15, -0.1) is 0 Å².